The summed E-state index contributed by atoms with van der Waals surface area (Å²) < 4.78 is 74.8. The van der Waals surface area contributed by atoms with Crippen molar-refractivity contribution in [3.8, 4) is 16.9 Å². The van der Waals surface area contributed by atoms with E-state index in [1.807, 2.05) is 6.92 Å². The summed E-state index contributed by atoms with van der Waals surface area (Å²) in [5.74, 6) is -2.67. The number of halogens is 4. The molecule has 0 unspecified atom stereocenters. The van der Waals surface area contributed by atoms with Gasteiger partial charge in [0, 0.05) is 17.0 Å². The van der Waals surface area contributed by atoms with Crippen LogP contribution in [0.15, 0.2) is 30.3 Å². The van der Waals surface area contributed by atoms with Crippen LogP contribution >= 0.6 is 0 Å². The molecule has 2 aromatic carbocycles. The van der Waals surface area contributed by atoms with Crippen molar-refractivity contribution >= 4 is 0 Å². The maximum absolute atomic E-state index is 15.0. The van der Waals surface area contributed by atoms with Gasteiger partial charge in [-0.1, -0.05) is 25.5 Å². The SMILES string of the molecule is CCCC1(F)COC(C2CCC(c3ccc(-c4ccc(OCC)c(F)c4F)c(F)c3)CC2)OC1. The summed E-state index contributed by atoms with van der Waals surface area (Å²) in [7, 11) is 0. The van der Waals surface area contributed by atoms with Crippen LogP contribution in [-0.4, -0.2) is 31.8 Å². The smallest absolute Gasteiger partial charge is 0.201 e. The van der Waals surface area contributed by atoms with E-state index in [4.69, 9.17) is 14.2 Å². The molecule has 0 N–H and O–H groups in total. The third-order valence-corrected chi connectivity index (χ3v) is 6.97. The van der Waals surface area contributed by atoms with Gasteiger partial charge in [-0.05, 0) is 68.7 Å². The van der Waals surface area contributed by atoms with E-state index in [1.54, 1.807) is 13.0 Å². The van der Waals surface area contributed by atoms with Gasteiger partial charge in [-0.25, -0.2) is 13.2 Å². The van der Waals surface area contributed by atoms with Crippen molar-refractivity contribution in [3.05, 3.63) is 53.3 Å². The lowest BCUT2D eigenvalue weighted by Gasteiger charge is -2.40. The van der Waals surface area contributed by atoms with E-state index in [0.717, 1.165) is 37.7 Å². The average molecular weight is 481 g/mol. The zero-order valence-corrected chi connectivity index (χ0v) is 19.7. The van der Waals surface area contributed by atoms with E-state index in [2.05, 4.69) is 0 Å². The molecule has 186 valence electrons. The quantitative estimate of drug-likeness (QED) is 0.389. The molecule has 0 bridgehead atoms. The van der Waals surface area contributed by atoms with E-state index in [-0.39, 0.29) is 48.5 Å². The molecule has 3 nitrogen and oxygen atoms in total. The molecule has 2 aliphatic rings. The molecule has 0 amide bonds. The number of ether oxygens (including phenoxy) is 3. The summed E-state index contributed by atoms with van der Waals surface area (Å²) >= 11 is 0. The minimum absolute atomic E-state index is 0.0164. The van der Waals surface area contributed by atoms with E-state index >= 15 is 0 Å². The second-order valence-corrected chi connectivity index (χ2v) is 9.41. The second kappa shape index (κ2) is 10.6. The largest absolute Gasteiger partial charge is 0.491 e. The summed E-state index contributed by atoms with van der Waals surface area (Å²) in [6, 6.07) is 7.37. The summed E-state index contributed by atoms with van der Waals surface area (Å²) in [6.07, 6.45) is 4.12. The van der Waals surface area contributed by atoms with E-state index in [0.29, 0.717) is 6.42 Å². The number of alkyl halides is 1. The van der Waals surface area contributed by atoms with Crippen molar-refractivity contribution in [2.75, 3.05) is 19.8 Å². The van der Waals surface area contributed by atoms with Gasteiger partial charge >= 0.3 is 0 Å². The molecule has 1 aliphatic heterocycles. The van der Waals surface area contributed by atoms with Gasteiger partial charge in [0.05, 0.1) is 19.8 Å². The van der Waals surface area contributed by atoms with Crippen LogP contribution in [0.25, 0.3) is 11.1 Å². The highest BCUT2D eigenvalue weighted by Gasteiger charge is 2.40. The number of benzene rings is 2. The predicted molar refractivity (Wildman–Crippen MR) is 122 cm³/mol. The maximum Gasteiger partial charge on any atom is 0.201 e. The normalized spacial score (nSPS) is 27.5. The first-order valence-corrected chi connectivity index (χ1v) is 12.2. The number of hydrogen-bond acceptors (Lipinski definition) is 3. The number of hydrogen-bond donors (Lipinski definition) is 0. The van der Waals surface area contributed by atoms with Gasteiger partial charge in [-0.3, -0.25) is 0 Å². The molecule has 7 heteroatoms. The first kappa shape index (κ1) is 25.0. The molecule has 0 radical (unpaired) electrons. The Balaban J connectivity index is 1.39. The Morgan fingerprint density at radius 2 is 1.59 bits per heavy atom. The molecule has 0 aromatic heterocycles. The molecule has 34 heavy (non-hydrogen) atoms. The number of rotatable bonds is 7. The zero-order chi connectivity index (χ0) is 24.3. The van der Waals surface area contributed by atoms with Crippen molar-refractivity contribution in [3.63, 3.8) is 0 Å². The molecule has 2 fully saturated rings. The second-order valence-electron chi connectivity index (χ2n) is 9.41. The van der Waals surface area contributed by atoms with Crippen molar-refractivity contribution < 1.29 is 31.8 Å². The van der Waals surface area contributed by atoms with Gasteiger partial charge < -0.3 is 14.2 Å². The first-order valence-electron chi connectivity index (χ1n) is 12.2. The molecule has 4 rings (SSSR count). The summed E-state index contributed by atoms with van der Waals surface area (Å²) in [4.78, 5) is 0. The highest BCUT2D eigenvalue weighted by molar-refractivity contribution is 5.66. The van der Waals surface area contributed by atoms with Crippen LogP contribution in [0.5, 0.6) is 5.75 Å². The van der Waals surface area contributed by atoms with Gasteiger partial charge in [-0.15, -0.1) is 0 Å². The molecule has 1 saturated heterocycles. The average Bonchev–Trinajstić information content (AvgIpc) is 2.83. The molecule has 0 spiro atoms. The van der Waals surface area contributed by atoms with Crippen molar-refractivity contribution in [1.82, 2.24) is 0 Å². The molecule has 0 atom stereocenters. The fourth-order valence-electron chi connectivity index (χ4n) is 5.15. The minimum Gasteiger partial charge on any atom is -0.491 e. The minimum atomic E-state index is -1.40. The Labute approximate surface area is 198 Å². The monoisotopic (exact) mass is 480 g/mol. The zero-order valence-electron chi connectivity index (χ0n) is 19.7. The lowest BCUT2D eigenvalue weighted by Crippen LogP contribution is -2.46. The van der Waals surface area contributed by atoms with Crippen molar-refractivity contribution in [2.45, 2.75) is 70.2 Å². The van der Waals surface area contributed by atoms with Gasteiger partial charge in [0.1, 0.15) is 5.82 Å². The van der Waals surface area contributed by atoms with E-state index in [9.17, 15) is 17.6 Å². The van der Waals surface area contributed by atoms with Crippen molar-refractivity contribution in [1.29, 1.82) is 0 Å². The summed E-state index contributed by atoms with van der Waals surface area (Å²) in [5, 5.41) is 0. The lowest BCUT2D eigenvalue weighted by molar-refractivity contribution is -0.257. The fraction of sp³-hybridized carbons (Fsp3) is 0.556. The predicted octanol–water partition coefficient (Wildman–Crippen LogP) is 7.32. The van der Waals surface area contributed by atoms with Crippen LogP contribution in [0.3, 0.4) is 0 Å². The van der Waals surface area contributed by atoms with Gasteiger partial charge in [0.25, 0.3) is 0 Å². The standard InChI is InChI=1S/C27H32F4O3/c1-3-13-27(31)15-33-26(34-16-27)18-7-5-17(6-8-18)19-9-10-20(22(28)14-19)21-11-12-23(32-4-2)25(30)24(21)29/h9-12,14,17-18,26H,3-8,13,15-16H2,1-2H3. The highest BCUT2D eigenvalue weighted by Crippen LogP contribution is 2.41. The van der Waals surface area contributed by atoms with E-state index < -0.39 is 29.4 Å². The van der Waals surface area contributed by atoms with Crippen LogP contribution < -0.4 is 4.74 Å². The Bertz CT molecular complexity index is 980. The molecular weight excluding hydrogens is 448 g/mol. The summed E-state index contributed by atoms with van der Waals surface area (Å²) in [5.41, 5.74) is -0.675. The molecule has 1 aliphatic carbocycles. The van der Waals surface area contributed by atoms with Gasteiger partial charge in [0.2, 0.25) is 5.82 Å². The van der Waals surface area contributed by atoms with Crippen LogP contribution in [0.2, 0.25) is 0 Å². The molecule has 1 saturated carbocycles. The highest BCUT2D eigenvalue weighted by atomic mass is 19.2. The van der Waals surface area contributed by atoms with E-state index in [1.165, 1.54) is 24.3 Å². The van der Waals surface area contributed by atoms with Crippen molar-refractivity contribution in [2.24, 2.45) is 5.92 Å². The topological polar surface area (TPSA) is 27.7 Å². The lowest BCUT2D eigenvalue weighted by atomic mass is 9.78. The molecule has 2 aromatic rings. The van der Waals surface area contributed by atoms with Gasteiger partial charge in [-0.2, -0.15) is 4.39 Å². The Morgan fingerprint density at radius 3 is 2.21 bits per heavy atom. The Morgan fingerprint density at radius 1 is 0.912 bits per heavy atom. The Kier molecular flexibility index (Phi) is 7.83. The van der Waals surface area contributed by atoms with Crippen LogP contribution in [0, 0.1) is 23.4 Å². The van der Waals surface area contributed by atoms with Gasteiger partial charge in [0.15, 0.2) is 23.5 Å². The molecule has 1 heterocycles. The van der Waals surface area contributed by atoms with Crippen LogP contribution in [0.4, 0.5) is 17.6 Å². The third-order valence-electron chi connectivity index (χ3n) is 6.97. The Hall–Kier alpha value is -2.12. The van der Waals surface area contributed by atoms with Crippen LogP contribution in [0.1, 0.15) is 63.9 Å². The molecular formula is C27H32F4O3. The third kappa shape index (κ3) is 5.25. The summed E-state index contributed by atoms with van der Waals surface area (Å²) in [6.45, 7) is 3.96. The maximum atomic E-state index is 15.0. The van der Waals surface area contributed by atoms with Crippen LogP contribution in [-0.2, 0) is 9.47 Å². The first-order chi connectivity index (χ1) is 16.3. The fourth-order valence-corrected chi connectivity index (χ4v) is 5.15.